The van der Waals surface area contributed by atoms with E-state index in [9.17, 15) is 44.1 Å². The number of Topliss-reactive ketones (excluding diaryl/α,β-unsaturated/α-hetero) is 1. The van der Waals surface area contributed by atoms with Crippen molar-refractivity contribution in [3.05, 3.63) is 111 Å². The number of thiophene rings is 1. The number of amides is 4. The number of aliphatic hydroxyl groups excluding tert-OH is 2. The third-order valence-corrected chi connectivity index (χ3v) is 10.1. The van der Waals surface area contributed by atoms with E-state index < -0.39 is 78.1 Å². The van der Waals surface area contributed by atoms with Crippen LogP contribution < -0.4 is 21.3 Å². The highest BCUT2D eigenvalue weighted by molar-refractivity contribution is 9.10. The first kappa shape index (κ1) is 39.1. The average Bonchev–Trinajstić information content (AvgIpc) is 3.86. The number of hydrogen-bond acceptors (Lipinski definition) is 10. The lowest BCUT2D eigenvalue weighted by molar-refractivity contribution is -0.145. The zero-order valence-electron chi connectivity index (χ0n) is 28.1. The van der Waals surface area contributed by atoms with Crippen LogP contribution in [0.3, 0.4) is 0 Å². The maximum atomic E-state index is 14.1. The molecular weight excluding hydrogens is 772 g/mol. The number of carbonyl (C=O) groups excluding carboxylic acids is 5. The van der Waals surface area contributed by atoms with E-state index in [0.717, 1.165) is 4.47 Å². The van der Waals surface area contributed by atoms with E-state index in [1.54, 1.807) is 53.9 Å². The molecule has 278 valence electrons. The van der Waals surface area contributed by atoms with Crippen LogP contribution in [-0.2, 0) is 54.5 Å². The summed E-state index contributed by atoms with van der Waals surface area (Å²) in [5, 5.41) is 43.3. The number of aliphatic hydroxyl groups is 2. The molecule has 2 aromatic heterocycles. The maximum Gasteiger partial charge on any atom is 0.307 e. The molecule has 16 heteroatoms. The van der Waals surface area contributed by atoms with Crippen molar-refractivity contribution in [1.29, 1.82) is 0 Å². The molecule has 0 spiro atoms. The molecule has 7 N–H and O–H groups in total. The number of hydrogen-bond donors (Lipinski definition) is 7. The quantitative estimate of drug-likeness (QED) is 0.135. The van der Waals surface area contributed by atoms with Crippen molar-refractivity contribution in [2.24, 2.45) is 5.92 Å². The van der Waals surface area contributed by atoms with Gasteiger partial charge in [0.2, 0.25) is 11.8 Å². The summed E-state index contributed by atoms with van der Waals surface area (Å²) in [4.78, 5) is 81.0. The van der Waals surface area contributed by atoms with E-state index in [4.69, 9.17) is 4.42 Å². The molecule has 4 aromatic rings. The van der Waals surface area contributed by atoms with Crippen molar-refractivity contribution in [2.45, 2.75) is 62.4 Å². The number of anilines is 1. The molecule has 2 aliphatic rings. The molecule has 4 amide bonds. The van der Waals surface area contributed by atoms with Gasteiger partial charge in [-0.15, -0.1) is 11.3 Å². The van der Waals surface area contributed by atoms with Gasteiger partial charge in [0.1, 0.15) is 17.8 Å². The van der Waals surface area contributed by atoms with E-state index in [1.165, 1.54) is 41.9 Å². The number of carbonyl (C=O) groups is 6. The van der Waals surface area contributed by atoms with Crippen molar-refractivity contribution < 1.29 is 48.5 Å². The highest BCUT2D eigenvalue weighted by Gasteiger charge is 2.36. The van der Waals surface area contributed by atoms with E-state index in [1.807, 2.05) is 0 Å². The third-order valence-electron chi connectivity index (χ3n) is 8.63. The smallest absolute Gasteiger partial charge is 0.307 e. The fourth-order valence-electron chi connectivity index (χ4n) is 5.73. The number of furan rings is 1. The lowest BCUT2D eigenvalue weighted by atomic mass is 9.91. The molecule has 2 bridgehead atoms. The molecule has 0 aliphatic carbocycles. The monoisotopic (exact) mass is 808 g/mol. The first-order valence-corrected chi connectivity index (χ1v) is 18.2. The maximum absolute atomic E-state index is 14.1. The zero-order valence-corrected chi connectivity index (χ0v) is 30.5. The van der Waals surface area contributed by atoms with Gasteiger partial charge in [-0.3, -0.25) is 28.8 Å². The van der Waals surface area contributed by atoms with Crippen molar-refractivity contribution >= 4 is 68.3 Å². The Kier molecular flexibility index (Phi) is 13.3. The molecule has 4 heterocycles. The summed E-state index contributed by atoms with van der Waals surface area (Å²) in [6, 6.07) is 15.6. The van der Waals surface area contributed by atoms with E-state index in [2.05, 4.69) is 37.2 Å². The van der Waals surface area contributed by atoms with Crippen LogP contribution in [0.15, 0.2) is 93.3 Å². The van der Waals surface area contributed by atoms with Crippen LogP contribution >= 0.6 is 27.3 Å². The van der Waals surface area contributed by atoms with E-state index in [0.29, 0.717) is 21.8 Å². The Balaban J connectivity index is 1.52. The van der Waals surface area contributed by atoms with Crippen LogP contribution in [0.2, 0.25) is 0 Å². The van der Waals surface area contributed by atoms with Crippen molar-refractivity contribution in [3.8, 4) is 0 Å². The van der Waals surface area contributed by atoms with E-state index in [-0.39, 0.29) is 31.4 Å². The minimum atomic E-state index is -2.28. The number of aliphatic carboxylic acids is 1. The summed E-state index contributed by atoms with van der Waals surface area (Å²) in [5.74, 6) is -6.62. The van der Waals surface area contributed by atoms with Gasteiger partial charge in [0.25, 0.3) is 11.8 Å². The van der Waals surface area contributed by atoms with Crippen molar-refractivity contribution in [3.63, 3.8) is 0 Å². The predicted molar refractivity (Wildman–Crippen MR) is 196 cm³/mol. The third kappa shape index (κ3) is 10.9. The Morgan fingerprint density at radius 2 is 1.38 bits per heavy atom. The topological polar surface area (TPSA) is 224 Å². The van der Waals surface area contributed by atoms with Crippen LogP contribution in [0.25, 0.3) is 0 Å². The SMILES string of the molecule is O=C(O)[C@@H]1CC(=O)[C@@H](Cc2ccco2)NC(=O)[C@H](Cc2ccc(Br)cc2)NC(=O)[C@@H](Cc2cccs2)NC(=O)[C@H](O)[C@@H](O)C(=O)Nc2ccc(cc2)C1. The van der Waals surface area contributed by atoms with Crippen LogP contribution in [-0.4, -0.2) is 81.0 Å². The average molecular weight is 810 g/mol. The summed E-state index contributed by atoms with van der Waals surface area (Å²) in [7, 11) is 0. The molecule has 0 saturated heterocycles. The summed E-state index contributed by atoms with van der Waals surface area (Å²) in [5.41, 5.74) is 1.32. The first-order valence-electron chi connectivity index (χ1n) is 16.6. The zero-order chi connectivity index (χ0) is 38.1. The van der Waals surface area contributed by atoms with Gasteiger partial charge < -0.3 is 41.0 Å². The molecule has 6 atom stereocenters. The van der Waals surface area contributed by atoms with Gasteiger partial charge in [0.05, 0.1) is 18.2 Å². The van der Waals surface area contributed by atoms with Gasteiger partial charge in [0, 0.05) is 40.7 Å². The Morgan fingerprint density at radius 1 is 0.736 bits per heavy atom. The summed E-state index contributed by atoms with van der Waals surface area (Å²) < 4.78 is 6.22. The Labute approximate surface area is 316 Å². The minimum Gasteiger partial charge on any atom is -0.481 e. The molecular formula is C37H37BrN4O10S. The second kappa shape index (κ2) is 18.1. The number of fused-ring (bicyclic) bond motifs is 18. The highest BCUT2D eigenvalue weighted by Crippen LogP contribution is 2.20. The van der Waals surface area contributed by atoms with Gasteiger partial charge in [-0.05, 0) is 65.4 Å². The number of nitrogens with one attached hydrogen (secondary N) is 4. The number of carboxylic acid groups (broad SMARTS) is 1. The Bertz CT molecular complexity index is 1900. The van der Waals surface area contributed by atoms with Gasteiger partial charge in [-0.25, -0.2) is 0 Å². The second-order valence-corrected chi connectivity index (χ2v) is 14.5. The largest absolute Gasteiger partial charge is 0.481 e. The molecule has 0 fully saturated rings. The van der Waals surface area contributed by atoms with Crippen LogP contribution in [0.5, 0.6) is 0 Å². The molecule has 53 heavy (non-hydrogen) atoms. The fourth-order valence-corrected chi connectivity index (χ4v) is 6.74. The highest BCUT2D eigenvalue weighted by atomic mass is 79.9. The van der Waals surface area contributed by atoms with Crippen molar-refractivity contribution in [2.75, 3.05) is 5.32 Å². The van der Waals surface area contributed by atoms with Crippen LogP contribution in [0.1, 0.15) is 28.2 Å². The summed E-state index contributed by atoms with van der Waals surface area (Å²) >= 11 is 4.66. The second-order valence-electron chi connectivity index (χ2n) is 12.6. The number of halogens is 1. The van der Waals surface area contributed by atoms with Gasteiger partial charge in [-0.1, -0.05) is 46.3 Å². The standard InChI is InChI=1S/C37H37BrN4O10S/c38-23-9-5-21(6-10-23)16-28-33(46)40-27(18-25-3-1-13-52-25)30(43)17-22(37(50)51)15-20-7-11-24(12-8-20)39-35(48)31(44)32(45)36(49)42-29(34(47)41-28)19-26-4-2-14-53-26/h1-14,22,27-29,31-32,44-45H,15-19H2,(H,39,48)(H,40,46)(H,41,47)(H,42,49)(H,50,51)/t22-,27+,28-,29+,31+,32+/m0/s1. The molecule has 0 unspecified atom stereocenters. The van der Waals surface area contributed by atoms with Gasteiger partial charge in [0.15, 0.2) is 18.0 Å². The molecule has 14 nitrogen and oxygen atoms in total. The molecule has 2 aliphatic heterocycles. The normalized spacial score (nSPS) is 23.6. The number of benzene rings is 2. The Morgan fingerprint density at radius 3 is 2.00 bits per heavy atom. The molecule has 0 saturated carbocycles. The lowest BCUT2D eigenvalue weighted by Crippen LogP contribution is -2.58. The van der Waals surface area contributed by atoms with Crippen LogP contribution in [0.4, 0.5) is 5.69 Å². The molecule has 2 aromatic carbocycles. The van der Waals surface area contributed by atoms with Crippen LogP contribution in [0, 0.1) is 5.92 Å². The Hall–Kier alpha value is -5.16. The number of ketones is 1. The predicted octanol–water partition coefficient (Wildman–Crippen LogP) is 2.16. The molecule has 0 radical (unpaired) electrons. The van der Waals surface area contributed by atoms with E-state index >= 15 is 0 Å². The van der Waals surface area contributed by atoms with Gasteiger partial charge >= 0.3 is 5.97 Å². The fraction of sp³-hybridized carbons (Fsp3) is 0.297. The first-order chi connectivity index (χ1) is 25.4. The summed E-state index contributed by atoms with van der Waals surface area (Å²) in [6.45, 7) is 0. The van der Waals surface area contributed by atoms with Gasteiger partial charge in [-0.2, -0.15) is 0 Å². The van der Waals surface area contributed by atoms with Crippen molar-refractivity contribution in [1.82, 2.24) is 16.0 Å². The molecule has 6 rings (SSSR count). The number of rotatable bonds is 7. The minimum absolute atomic E-state index is 0.0543. The number of carboxylic acids is 1. The lowest BCUT2D eigenvalue weighted by Gasteiger charge is -2.26. The summed E-state index contributed by atoms with van der Waals surface area (Å²) in [6.07, 6.45) is -3.88.